The lowest BCUT2D eigenvalue weighted by molar-refractivity contribution is -0.115. The number of benzene rings is 1. The van der Waals surface area contributed by atoms with Gasteiger partial charge in [-0.25, -0.2) is 4.98 Å². The van der Waals surface area contributed by atoms with E-state index in [0.717, 1.165) is 22.1 Å². The summed E-state index contributed by atoms with van der Waals surface area (Å²) in [5, 5.41) is 4.00. The van der Waals surface area contributed by atoms with Crippen molar-refractivity contribution in [3.8, 4) is 0 Å². The van der Waals surface area contributed by atoms with Crippen molar-refractivity contribution in [2.45, 2.75) is 39.0 Å². The van der Waals surface area contributed by atoms with E-state index in [4.69, 9.17) is 4.42 Å². The minimum atomic E-state index is -0.0563. The first-order chi connectivity index (χ1) is 11.6. The molecule has 4 rings (SSSR count). The molecule has 1 aromatic carbocycles. The standard InChI is InChI=1S/C20H20N2O2/c1-12-3-6-17-16(9-12)15(11-24-17)10-18(23)22-20-19(14-4-5-14)13(2)7-8-21-20/h3,6-9,11,14H,4-5,10H2,1-2H3,(H,21,22,23). The molecule has 1 saturated carbocycles. The Labute approximate surface area is 140 Å². The van der Waals surface area contributed by atoms with Crippen LogP contribution in [0.4, 0.5) is 5.82 Å². The summed E-state index contributed by atoms with van der Waals surface area (Å²) in [4.78, 5) is 16.9. The molecule has 1 N–H and O–H groups in total. The summed E-state index contributed by atoms with van der Waals surface area (Å²) >= 11 is 0. The van der Waals surface area contributed by atoms with Crippen LogP contribution in [0, 0.1) is 13.8 Å². The summed E-state index contributed by atoms with van der Waals surface area (Å²) < 4.78 is 5.55. The number of nitrogens with zero attached hydrogens (tertiary/aromatic N) is 1. The van der Waals surface area contributed by atoms with E-state index in [2.05, 4.69) is 23.3 Å². The van der Waals surface area contributed by atoms with Gasteiger partial charge in [0.2, 0.25) is 5.91 Å². The van der Waals surface area contributed by atoms with Gasteiger partial charge in [0, 0.05) is 22.7 Å². The Bertz CT molecular complexity index is 923. The lowest BCUT2D eigenvalue weighted by atomic mass is 10.1. The van der Waals surface area contributed by atoms with E-state index < -0.39 is 0 Å². The van der Waals surface area contributed by atoms with Crippen LogP contribution in [0.3, 0.4) is 0 Å². The fourth-order valence-corrected chi connectivity index (χ4v) is 3.24. The average Bonchev–Trinajstić information content (AvgIpc) is 3.30. The molecule has 2 aromatic heterocycles. The van der Waals surface area contributed by atoms with E-state index in [1.807, 2.05) is 25.1 Å². The Hall–Kier alpha value is -2.62. The number of amides is 1. The molecular weight excluding hydrogens is 300 g/mol. The Morgan fingerprint density at radius 1 is 1.29 bits per heavy atom. The fraction of sp³-hybridized carbons (Fsp3) is 0.300. The lowest BCUT2D eigenvalue weighted by Gasteiger charge is -2.11. The molecule has 122 valence electrons. The molecule has 4 heteroatoms. The Morgan fingerprint density at radius 3 is 2.92 bits per heavy atom. The number of pyridine rings is 1. The van der Waals surface area contributed by atoms with Gasteiger partial charge in [-0.15, -0.1) is 0 Å². The molecule has 1 fully saturated rings. The maximum Gasteiger partial charge on any atom is 0.230 e. The molecule has 0 radical (unpaired) electrons. The molecule has 0 unspecified atom stereocenters. The van der Waals surface area contributed by atoms with Crippen molar-refractivity contribution in [1.82, 2.24) is 4.98 Å². The third-order valence-corrected chi connectivity index (χ3v) is 4.61. The topological polar surface area (TPSA) is 55.1 Å². The van der Waals surface area contributed by atoms with Gasteiger partial charge in [-0.05, 0) is 56.4 Å². The normalized spacial score (nSPS) is 14.1. The van der Waals surface area contributed by atoms with Crippen molar-refractivity contribution < 1.29 is 9.21 Å². The van der Waals surface area contributed by atoms with Crippen molar-refractivity contribution in [3.63, 3.8) is 0 Å². The predicted octanol–water partition coefficient (Wildman–Crippen LogP) is 4.50. The Kier molecular flexibility index (Phi) is 3.60. The minimum Gasteiger partial charge on any atom is -0.464 e. The first-order valence-corrected chi connectivity index (χ1v) is 8.34. The Balaban J connectivity index is 1.57. The van der Waals surface area contributed by atoms with Crippen LogP contribution in [-0.2, 0) is 11.2 Å². The highest BCUT2D eigenvalue weighted by atomic mass is 16.3. The van der Waals surface area contributed by atoms with Crippen LogP contribution in [0.1, 0.15) is 41.0 Å². The zero-order chi connectivity index (χ0) is 16.7. The number of carbonyl (C=O) groups is 1. The second-order valence-electron chi connectivity index (χ2n) is 6.65. The second-order valence-corrected chi connectivity index (χ2v) is 6.65. The smallest absolute Gasteiger partial charge is 0.230 e. The zero-order valence-electron chi connectivity index (χ0n) is 13.9. The van der Waals surface area contributed by atoms with Crippen molar-refractivity contribution >= 4 is 22.7 Å². The average molecular weight is 320 g/mol. The number of hydrogen-bond acceptors (Lipinski definition) is 3. The molecule has 0 saturated heterocycles. The molecular formula is C20H20N2O2. The van der Waals surface area contributed by atoms with Crippen molar-refractivity contribution in [2.24, 2.45) is 0 Å². The van der Waals surface area contributed by atoms with E-state index >= 15 is 0 Å². The first kappa shape index (κ1) is 14.9. The van der Waals surface area contributed by atoms with Crippen LogP contribution in [0.15, 0.2) is 41.1 Å². The van der Waals surface area contributed by atoms with Crippen LogP contribution in [0.2, 0.25) is 0 Å². The molecule has 4 nitrogen and oxygen atoms in total. The van der Waals surface area contributed by atoms with E-state index in [-0.39, 0.29) is 12.3 Å². The van der Waals surface area contributed by atoms with Gasteiger partial charge in [-0.1, -0.05) is 11.6 Å². The molecule has 2 heterocycles. The number of hydrogen-bond donors (Lipinski definition) is 1. The maximum absolute atomic E-state index is 12.5. The first-order valence-electron chi connectivity index (χ1n) is 8.34. The monoisotopic (exact) mass is 320 g/mol. The SMILES string of the molecule is Cc1ccc2occ(CC(=O)Nc3nccc(C)c3C3CC3)c2c1. The number of aromatic nitrogens is 1. The molecule has 1 aliphatic carbocycles. The van der Waals surface area contributed by atoms with Crippen LogP contribution in [0.25, 0.3) is 11.0 Å². The molecule has 0 bridgehead atoms. The van der Waals surface area contributed by atoms with Crippen molar-refractivity contribution in [2.75, 3.05) is 5.32 Å². The van der Waals surface area contributed by atoms with Gasteiger partial charge in [0.05, 0.1) is 12.7 Å². The zero-order valence-corrected chi connectivity index (χ0v) is 13.9. The molecule has 1 aliphatic rings. The van der Waals surface area contributed by atoms with Gasteiger partial charge in [-0.2, -0.15) is 0 Å². The minimum absolute atomic E-state index is 0.0563. The summed E-state index contributed by atoms with van der Waals surface area (Å²) in [6.45, 7) is 4.12. The fourth-order valence-electron chi connectivity index (χ4n) is 3.24. The number of carbonyl (C=O) groups excluding carboxylic acids is 1. The van der Waals surface area contributed by atoms with Crippen LogP contribution < -0.4 is 5.32 Å². The van der Waals surface area contributed by atoms with Gasteiger partial charge >= 0.3 is 0 Å². The molecule has 0 spiro atoms. The number of aryl methyl sites for hydroxylation is 2. The van der Waals surface area contributed by atoms with Crippen molar-refractivity contribution in [1.29, 1.82) is 0 Å². The summed E-state index contributed by atoms with van der Waals surface area (Å²) in [6, 6.07) is 8.02. The van der Waals surface area contributed by atoms with Gasteiger partial charge in [-0.3, -0.25) is 4.79 Å². The van der Waals surface area contributed by atoms with E-state index in [1.54, 1.807) is 12.5 Å². The van der Waals surface area contributed by atoms with Gasteiger partial charge in [0.15, 0.2) is 0 Å². The van der Waals surface area contributed by atoms with Crippen LogP contribution in [0.5, 0.6) is 0 Å². The largest absolute Gasteiger partial charge is 0.464 e. The maximum atomic E-state index is 12.5. The highest BCUT2D eigenvalue weighted by Crippen LogP contribution is 2.44. The highest BCUT2D eigenvalue weighted by Gasteiger charge is 2.29. The van der Waals surface area contributed by atoms with Gasteiger partial charge in [0.1, 0.15) is 11.4 Å². The number of fused-ring (bicyclic) bond motifs is 1. The molecule has 24 heavy (non-hydrogen) atoms. The highest BCUT2D eigenvalue weighted by molar-refractivity contribution is 5.95. The summed E-state index contributed by atoms with van der Waals surface area (Å²) in [7, 11) is 0. The van der Waals surface area contributed by atoms with Gasteiger partial charge < -0.3 is 9.73 Å². The van der Waals surface area contributed by atoms with E-state index in [9.17, 15) is 4.79 Å². The van der Waals surface area contributed by atoms with E-state index in [1.165, 1.54) is 24.0 Å². The molecule has 3 aromatic rings. The summed E-state index contributed by atoms with van der Waals surface area (Å²) in [5.41, 5.74) is 5.27. The predicted molar refractivity (Wildman–Crippen MR) is 94.2 cm³/mol. The van der Waals surface area contributed by atoms with Crippen LogP contribution in [-0.4, -0.2) is 10.9 Å². The third kappa shape index (κ3) is 2.80. The van der Waals surface area contributed by atoms with Gasteiger partial charge in [0.25, 0.3) is 0 Å². The second kappa shape index (κ2) is 5.78. The lowest BCUT2D eigenvalue weighted by Crippen LogP contribution is -2.16. The van der Waals surface area contributed by atoms with Crippen LogP contribution >= 0.6 is 0 Å². The number of nitrogens with one attached hydrogen (secondary N) is 1. The molecule has 0 atom stereocenters. The Morgan fingerprint density at radius 2 is 2.12 bits per heavy atom. The number of anilines is 1. The summed E-state index contributed by atoms with van der Waals surface area (Å²) in [5.74, 6) is 1.21. The summed E-state index contributed by atoms with van der Waals surface area (Å²) in [6.07, 6.45) is 6.08. The third-order valence-electron chi connectivity index (χ3n) is 4.61. The van der Waals surface area contributed by atoms with E-state index in [0.29, 0.717) is 11.7 Å². The molecule has 0 aliphatic heterocycles. The number of furan rings is 1. The molecule has 1 amide bonds. The van der Waals surface area contributed by atoms with Crippen molar-refractivity contribution in [3.05, 3.63) is 59.0 Å². The number of rotatable bonds is 4. The quantitative estimate of drug-likeness (QED) is 0.770.